The average Bonchev–Trinajstić information content (AvgIpc) is 2.34. The molecule has 0 spiro atoms. The summed E-state index contributed by atoms with van der Waals surface area (Å²) in [6, 6.07) is 8.02. The van der Waals surface area contributed by atoms with E-state index in [1.54, 1.807) is 7.11 Å². The lowest BCUT2D eigenvalue weighted by Gasteiger charge is -2.20. The van der Waals surface area contributed by atoms with E-state index in [4.69, 9.17) is 4.74 Å². The number of hydrogen-bond donors (Lipinski definition) is 2. The van der Waals surface area contributed by atoms with Gasteiger partial charge in [0.05, 0.1) is 13.2 Å². The maximum absolute atomic E-state index is 11.7. The lowest BCUT2D eigenvalue weighted by molar-refractivity contribution is -0.120. The first-order valence-corrected chi connectivity index (χ1v) is 6.49. The Balaban J connectivity index is 2.39. The molecular formula is C15H24N2O2. The lowest BCUT2D eigenvalue weighted by atomic mass is 10.1. The fourth-order valence-corrected chi connectivity index (χ4v) is 1.60. The molecule has 4 heteroatoms. The van der Waals surface area contributed by atoms with Crippen molar-refractivity contribution in [3.05, 3.63) is 35.4 Å². The van der Waals surface area contributed by atoms with Gasteiger partial charge in [0.25, 0.3) is 0 Å². The van der Waals surface area contributed by atoms with E-state index < -0.39 is 0 Å². The fraction of sp³-hybridized carbons (Fsp3) is 0.533. The van der Waals surface area contributed by atoms with Gasteiger partial charge >= 0.3 is 0 Å². The van der Waals surface area contributed by atoms with E-state index in [2.05, 4.69) is 10.6 Å². The van der Waals surface area contributed by atoms with Crippen LogP contribution in [0.1, 0.15) is 31.9 Å². The summed E-state index contributed by atoms with van der Waals surface area (Å²) in [4.78, 5) is 11.7. The molecule has 19 heavy (non-hydrogen) atoms. The van der Waals surface area contributed by atoms with Gasteiger partial charge in [-0.25, -0.2) is 0 Å². The molecule has 2 N–H and O–H groups in total. The zero-order valence-corrected chi connectivity index (χ0v) is 12.2. The Bertz CT molecular complexity index is 411. The van der Waals surface area contributed by atoms with Crippen LogP contribution in [0.15, 0.2) is 24.3 Å². The molecule has 0 aromatic heterocycles. The number of ether oxygens (including phenoxy) is 1. The van der Waals surface area contributed by atoms with Gasteiger partial charge in [-0.2, -0.15) is 0 Å². The van der Waals surface area contributed by atoms with E-state index >= 15 is 0 Å². The minimum atomic E-state index is -0.0459. The number of benzene rings is 1. The number of amides is 1. The van der Waals surface area contributed by atoms with Gasteiger partial charge in [0.15, 0.2) is 0 Å². The molecule has 0 fully saturated rings. The van der Waals surface area contributed by atoms with E-state index in [1.165, 1.54) is 0 Å². The van der Waals surface area contributed by atoms with Crippen molar-refractivity contribution < 1.29 is 9.53 Å². The highest BCUT2D eigenvalue weighted by atomic mass is 16.5. The highest BCUT2D eigenvalue weighted by molar-refractivity contribution is 5.78. The largest absolute Gasteiger partial charge is 0.380 e. The maximum atomic E-state index is 11.7. The van der Waals surface area contributed by atoms with Gasteiger partial charge in [0, 0.05) is 19.2 Å². The Morgan fingerprint density at radius 2 is 1.95 bits per heavy atom. The molecule has 4 nitrogen and oxygen atoms in total. The predicted octanol–water partition coefficient (Wildman–Crippen LogP) is 1.84. The van der Waals surface area contributed by atoms with Gasteiger partial charge in [-0.15, -0.1) is 0 Å². The molecule has 0 radical (unpaired) electrons. The van der Waals surface area contributed by atoms with Crippen LogP contribution >= 0.6 is 0 Å². The van der Waals surface area contributed by atoms with E-state index in [9.17, 15) is 4.79 Å². The van der Waals surface area contributed by atoms with Crippen LogP contribution in [0, 0.1) is 0 Å². The van der Waals surface area contributed by atoms with E-state index in [1.807, 2.05) is 45.0 Å². The van der Waals surface area contributed by atoms with Crippen molar-refractivity contribution in [2.75, 3.05) is 13.7 Å². The van der Waals surface area contributed by atoms with Crippen molar-refractivity contribution in [1.29, 1.82) is 0 Å². The van der Waals surface area contributed by atoms with Crippen LogP contribution in [0.2, 0.25) is 0 Å². The Morgan fingerprint density at radius 3 is 2.58 bits per heavy atom. The smallest absolute Gasteiger partial charge is 0.234 e. The number of hydrogen-bond acceptors (Lipinski definition) is 3. The van der Waals surface area contributed by atoms with Gasteiger partial charge in [0.1, 0.15) is 0 Å². The molecule has 0 aliphatic heterocycles. The van der Waals surface area contributed by atoms with Crippen LogP contribution in [-0.4, -0.2) is 25.1 Å². The van der Waals surface area contributed by atoms with E-state index in [0.29, 0.717) is 19.7 Å². The van der Waals surface area contributed by atoms with Crippen LogP contribution in [0.3, 0.4) is 0 Å². The zero-order chi connectivity index (χ0) is 14.3. The molecule has 1 rings (SSSR count). The van der Waals surface area contributed by atoms with Crippen LogP contribution in [0.4, 0.5) is 0 Å². The molecule has 1 amide bonds. The summed E-state index contributed by atoms with van der Waals surface area (Å²) >= 11 is 0. The molecule has 0 aliphatic carbocycles. The monoisotopic (exact) mass is 264 g/mol. The van der Waals surface area contributed by atoms with E-state index in [0.717, 1.165) is 11.1 Å². The third kappa shape index (κ3) is 6.94. The average molecular weight is 264 g/mol. The number of nitrogens with one attached hydrogen (secondary N) is 2. The third-order valence-electron chi connectivity index (χ3n) is 2.57. The van der Waals surface area contributed by atoms with Crippen LogP contribution in [-0.2, 0) is 22.7 Å². The second-order valence-corrected chi connectivity index (χ2v) is 5.63. The SMILES string of the molecule is COCc1cccc(CNC(=O)CNC(C)(C)C)c1. The van der Waals surface area contributed by atoms with Gasteiger partial charge in [-0.1, -0.05) is 24.3 Å². The second-order valence-electron chi connectivity index (χ2n) is 5.63. The molecule has 0 heterocycles. The van der Waals surface area contributed by atoms with Gasteiger partial charge in [0.2, 0.25) is 5.91 Å². The number of carbonyl (C=O) groups excluding carboxylic acids is 1. The van der Waals surface area contributed by atoms with Crippen molar-refractivity contribution in [2.24, 2.45) is 0 Å². The summed E-state index contributed by atoms with van der Waals surface area (Å²) in [5.74, 6) is 0.00655. The molecular weight excluding hydrogens is 240 g/mol. The van der Waals surface area contributed by atoms with Crippen LogP contribution in [0.25, 0.3) is 0 Å². The van der Waals surface area contributed by atoms with Gasteiger partial charge < -0.3 is 15.4 Å². The summed E-state index contributed by atoms with van der Waals surface area (Å²) in [6.07, 6.45) is 0. The quantitative estimate of drug-likeness (QED) is 0.824. The molecule has 0 atom stereocenters. The summed E-state index contributed by atoms with van der Waals surface area (Å²) < 4.78 is 5.09. The zero-order valence-electron chi connectivity index (χ0n) is 12.2. The number of rotatable bonds is 6. The number of carbonyl (C=O) groups is 1. The Labute approximate surface area is 115 Å². The maximum Gasteiger partial charge on any atom is 0.234 e. The molecule has 1 aromatic carbocycles. The Kier molecular flexibility index (Phi) is 5.99. The summed E-state index contributed by atoms with van der Waals surface area (Å²) in [5, 5.41) is 6.06. The Hall–Kier alpha value is -1.39. The normalized spacial score (nSPS) is 11.4. The van der Waals surface area contributed by atoms with Crippen LogP contribution < -0.4 is 10.6 Å². The fourth-order valence-electron chi connectivity index (χ4n) is 1.60. The van der Waals surface area contributed by atoms with E-state index in [-0.39, 0.29) is 11.4 Å². The summed E-state index contributed by atoms with van der Waals surface area (Å²) in [6.45, 7) is 7.58. The molecule has 0 saturated heterocycles. The molecule has 106 valence electrons. The summed E-state index contributed by atoms with van der Waals surface area (Å²) in [5.41, 5.74) is 2.15. The van der Waals surface area contributed by atoms with Crippen LogP contribution in [0.5, 0.6) is 0 Å². The first kappa shape index (κ1) is 15.7. The topological polar surface area (TPSA) is 50.4 Å². The molecule has 1 aromatic rings. The molecule has 0 unspecified atom stereocenters. The second kappa shape index (κ2) is 7.26. The first-order valence-electron chi connectivity index (χ1n) is 6.49. The predicted molar refractivity (Wildman–Crippen MR) is 76.8 cm³/mol. The first-order chi connectivity index (χ1) is 8.90. The number of methoxy groups -OCH3 is 1. The Morgan fingerprint density at radius 1 is 1.26 bits per heavy atom. The highest BCUT2D eigenvalue weighted by Crippen LogP contribution is 2.06. The minimum absolute atomic E-state index is 0.00655. The van der Waals surface area contributed by atoms with Gasteiger partial charge in [-0.05, 0) is 31.9 Å². The van der Waals surface area contributed by atoms with Crippen molar-refractivity contribution in [2.45, 2.75) is 39.5 Å². The highest BCUT2D eigenvalue weighted by Gasteiger charge is 2.10. The molecule has 0 saturated carbocycles. The minimum Gasteiger partial charge on any atom is -0.380 e. The van der Waals surface area contributed by atoms with Crippen molar-refractivity contribution in [1.82, 2.24) is 10.6 Å². The molecule has 0 aliphatic rings. The van der Waals surface area contributed by atoms with Crippen molar-refractivity contribution >= 4 is 5.91 Å². The van der Waals surface area contributed by atoms with Gasteiger partial charge in [-0.3, -0.25) is 4.79 Å². The molecule has 0 bridgehead atoms. The standard InChI is InChI=1S/C15H24N2O2/c1-15(2,3)17-10-14(18)16-9-12-6-5-7-13(8-12)11-19-4/h5-8,17H,9-11H2,1-4H3,(H,16,18). The summed E-state index contributed by atoms with van der Waals surface area (Å²) in [7, 11) is 1.67. The van der Waals surface area contributed by atoms with Crippen molar-refractivity contribution in [3.63, 3.8) is 0 Å². The third-order valence-corrected chi connectivity index (χ3v) is 2.57. The lowest BCUT2D eigenvalue weighted by Crippen LogP contribution is -2.43. The van der Waals surface area contributed by atoms with Crippen molar-refractivity contribution in [3.8, 4) is 0 Å².